The molecule has 0 saturated heterocycles. The van der Waals surface area contributed by atoms with Crippen LogP contribution >= 0.6 is 0 Å². The van der Waals surface area contributed by atoms with Crippen molar-refractivity contribution in [2.24, 2.45) is 0 Å². The van der Waals surface area contributed by atoms with E-state index < -0.39 is 26.7 Å². The Morgan fingerprint density at radius 2 is 1.67 bits per heavy atom. The third-order valence-corrected chi connectivity index (χ3v) is 5.77. The summed E-state index contributed by atoms with van der Waals surface area (Å²) < 4.78 is 35.1. The number of rotatable bonds is 4. The first kappa shape index (κ1) is 18.7. The molecule has 8 heteroatoms. The third kappa shape index (κ3) is 3.31. The minimum atomic E-state index is -3.99. The smallest absolute Gasteiger partial charge is 0.351 e. The summed E-state index contributed by atoms with van der Waals surface area (Å²) in [5.41, 5.74) is 1.34. The number of carbonyl (C=O) groups is 2. The molecule has 0 unspecified atom stereocenters. The van der Waals surface area contributed by atoms with Crippen molar-refractivity contribution in [1.82, 2.24) is 0 Å². The lowest BCUT2D eigenvalue weighted by molar-refractivity contribution is -0.135. The Labute approximate surface area is 156 Å². The Balaban J connectivity index is 2.11. The van der Waals surface area contributed by atoms with Crippen LogP contribution in [0.4, 0.5) is 11.4 Å². The Kier molecular flexibility index (Phi) is 5.00. The van der Waals surface area contributed by atoms with Crippen LogP contribution in [0.1, 0.15) is 17.3 Å². The fourth-order valence-electron chi connectivity index (χ4n) is 2.71. The van der Waals surface area contributed by atoms with Gasteiger partial charge in [-0.2, -0.15) is 0 Å². The predicted molar refractivity (Wildman–Crippen MR) is 98.3 cm³/mol. The molecule has 27 heavy (non-hydrogen) atoms. The van der Waals surface area contributed by atoms with Gasteiger partial charge in [-0.25, -0.2) is 18.0 Å². The number of methoxy groups -OCH3 is 1. The number of hydrogen-bond acceptors (Lipinski definition) is 7. The highest BCUT2D eigenvalue weighted by molar-refractivity contribution is 7.96. The van der Waals surface area contributed by atoms with E-state index in [1.807, 2.05) is 0 Å². The van der Waals surface area contributed by atoms with E-state index in [1.54, 1.807) is 54.3 Å². The molecule has 1 aliphatic heterocycles. The molecule has 0 aliphatic carbocycles. The van der Waals surface area contributed by atoms with Gasteiger partial charge in [-0.3, -0.25) is 0 Å². The summed E-state index contributed by atoms with van der Waals surface area (Å²) in [7, 11) is -2.87. The van der Waals surface area contributed by atoms with Crippen molar-refractivity contribution in [2.75, 3.05) is 18.6 Å². The monoisotopic (exact) mass is 387 g/mol. The number of hydrogen-bond donors (Lipinski definition) is 0. The molecule has 140 valence electrons. The number of esters is 2. The zero-order valence-electron chi connectivity index (χ0n) is 14.7. The van der Waals surface area contributed by atoms with Crippen LogP contribution in [0.15, 0.2) is 64.5 Å². The second-order valence-corrected chi connectivity index (χ2v) is 7.48. The summed E-state index contributed by atoms with van der Waals surface area (Å²) in [6, 6.07) is 12.8. The predicted octanol–water partition coefficient (Wildman–Crippen LogP) is 2.80. The van der Waals surface area contributed by atoms with E-state index >= 15 is 0 Å². The van der Waals surface area contributed by atoms with Crippen LogP contribution in [-0.4, -0.2) is 34.1 Å². The first-order chi connectivity index (χ1) is 12.9. The molecule has 2 aromatic carbocycles. The maximum Gasteiger partial charge on any atom is 0.351 e. The average Bonchev–Trinajstić information content (AvgIpc) is 2.68. The number of sulfone groups is 1. The summed E-state index contributed by atoms with van der Waals surface area (Å²) in [6.07, 6.45) is 1.23. The number of anilines is 2. The topological polar surface area (TPSA) is 90.0 Å². The molecule has 0 spiro atoms. The molecule has 0 N–H and O–H groups in total. The molecule has 1 heterocycles. The molecule has 7 nitrogen and oxygen atoms in total. The first-order valence-electron chi connectivity index (χ1n) is 8.10. The highest BCUT2D eigenvalue weighted by atomic mass is 32.2. The number of fused-ring (bicyclic) bond motifs is 1. The molecule has 0 atom stereocenters. The van der Waals surface area contributed by atoms with Crippen LogP contribution in [0.25, 0.3) is 0 Å². The van der Waals surface area contributed by atoms with Crippen LogP contribution in [0.2, 0.25) is 0 Å². The minimum absolute atomic E-state index is 0.00219. The van der Waals surface area contributed by atoms with Crippen LogP contribution in [0.3, 0.4) is 0 Å². The fraction of sp³-hybridized carbons (Fsp3) is 0.158. The Bertz CT molecular complexity index is 1020. The summed E-state index contributed by atoms with van der Waals surface area (Å²) in [5, 5.41) is 0. The van der Waals surface area contributed by atoms with Crippen molar-refractivity contribution in [3.8, 4) is 0 Å². The zero-order chi connectivity index (χ0) is 19.6. The summed E-state index contributed by atoms with van der Waals surface area (Å²) >= 11 is 0. The van der Waals surface area contributed by atoms with Gasteiger partial charge in [0.1, 0.15) is 0 Å². The maximum absolute atomic E-state index is 12.7. The first-order valence-corrected chi connectivity index (χ1v) is 9.59. The number of para-hydroxylation sites is 1. The van der Waals surface area contributed by atoms with Gasteiger partial charge in [0.05, 0.1) is 29.9 Å². The highest BCUT2D eigenvalue weighted by Crippen LogP contribution is 2.39. The van der Waals surface area contributed by atoms with E-state index in [4.69, 9.17) is 4.74 Å². The standard InChI is InChI=1S/C19H17NO6S/c1-3-26-18(21)13-8-10-14(11-9-13)20-12-17(19(22)25-2)27(23,24)16-7-5-4-6-15(16)20/h4-12H,3H2,1-2H3. The summed E-state index contributed by atoms with van der Waals surface area (Å²) in [4.78, 5) is 24.9. The SMILES string of the molecule is CCOC(=O)c1ccc(N2C=C(C(=O)OC)S(=O)(=O)c3ccccc32)cc1. The second-order valence-electron chi connectivity index (χ2n) is 5.59. The van der Waals surface area contributed by atoms with E-state index in [1.165, 1.54) is 12.3 Å². The van der Waals surface area contributed by atoms with Crippen LogP contribution < -0.4 is 4.90 Å². The fourth-order valence-corrected chi connectivity index (χ4v) is 4.19. The van der Waals surface area contributed by atoms with Gasteiger partial charge < -0.3 is 14.4 Å². The van der Waals surface area contributed by atoms with E-state index in [0.717, 1.165) is 7.11 Å². The number of benzene rings is 2. The third-order valence-electron chi connectivity index (χ3n) is 3.99. The Morgan fingerprint density at radius 3 is 2.30 bits per heavy atom. The lowest BCUT2D eigenvalue weighted by Crippen LogP contribution is -2.26. The van der Waals surface area contributed by atoms with Crippen LogP contribution in [0.5, 0.6) is 0 Å². The average molecular weight is 387 g/mol. The van der Waals surface area contributed by atoms with Crippen LogP contribution in [-0.2, 0) is 24.1 Å². The minimum Gasteiger partial charge on any atom is -0.465 e. The van der Waals surface area contributed by atoms with E-state index in [0.29, 0.717) is 16.9 Å². The molecule has 0 saturated carbocycles. The van der Waals surface area contributed by atoms with Gasteiger partial charge in [0.2, 0.25) is 9.84 Å². The van der Waals surface area contributed by atoms with E-state index in [-0.39, 0.29) is 11.5 Å². The van der Waals surface area contributed by atoms with Crippen molar-refractivity contribution in [3.63, 3.8) is 0 Å². The quantitative estimate of drug-likeness (QED) is 0.745. The molecule has 0 amide bonds. The zero-order valence-corrected chi connectivity index (χ0v) is 15.5. The van der Waals surface area contributed by atoms with Crippen molar-refractivity contribution >= 4 is 33.2 Å². The maximum atomic E-state index is 12.7. The number of ether oxygens (including phenoxy) is 2. The van der Waals surface area contributed by atoms with Crippen LogP contribution in [0, 0.1) is 0 Å². The van der Waals surface area contributed by atoms with Gasteiger partial charge in [-0.15, -0.1) is 0 Å². The van der Waals surface area contributed by atoms with E-state index in [2.05, 4.69) is 4.74 Å². The van der Waals surface area contributed by atoms with Gasteiger partial charge >= 0.3 is 11.9 Å². The largest absolute Gasteiger partial charge is 0.465 e. The van der Waals surface area contributed by atoms with Gasteiger partial charge in [-0.1, -0.05) is 12.1 Å². The molecule has 0 fully saturated rings. The molecule has 0 radical (unpaired) electrons. The summed E-state index contributed by atoms with van der Waals surface area (Å²) in [6.45, 7) is 1.99. The van der Waals surface area contributed by atoms with Crippen molar-refractivity contribution in [1.29, 1.82) is 0 Å². The normalized spacial score (nSPS) is 14.7. The van der Waals surface area contributed by atoms with Crippen molar-refractivity contribution in [3.05, 3.63) is 65.2 Å². The van der Waals surface area contributed by atoms with Crippen molar-refractivity contribution in [2.45, 2.75) is 11.8 Å². The molecule has 0 bridgehead atoms. The molecule has 0 aromatic heterocycles. The van der Waals surface area contributed by atoms with Gasteiger partial charge in [-0.05, 0) is 43.3 Å². The van der Waals surface area contributed by atoms with Gasteiger partial charge in [0.15, 0.2) is 4.91 Å². The molecule has 1 aliphatic rings. The summed E-state index contributed by atoms with van der Waals surface area (Å²) in [5.74, 6) is -1.39. The highest BCUT2D eigenvalue weighted by Gasteiger charge is 2.36. The molecular formula is C19H17NO6S. The lowest BCUT2D eigenvalue weighted by Gasteiger charge is -2.28. The van der Waals surface area contributed by atoms with Gasteiger partial charge in [0.25, 0.3) is 0 Å². The molecule has 2 aromatic rings. The van der Waals surface area contributed by atoms with Crippen molar-refractivity contribution < 1.29 is 27.5 Å². The lowest BCUT2D eigenvalue weighted by atomic mass is 10.2. The Hall–Kier alpha value is -3.13. The van der Waals surface area contributed by atoms with Gasteiger partial charge in [0, 0.05) is 11.9 Å². The number of carbonyl (C=O) groups excluding carboxylic acids is 2. The second kappa shape index (κ2) is 7.24. The Morgan fingerprint density at radius 1 is 1.00 bits per heavy atom. The molecular weight excluding hydrogens is 370 g/mol. The van der Waals surface area contributed by atoms with E-state index in [9.17, 15) is 18.0 Å². The molecule has 3 rings (SSSR count). The number of nitrogens with zero attached hydrogens (tertiary/aromatic N) is 1.